The van der Waals surface area contributed by atoms with Gasteiger partial charge in [0.05, 0.1) is 6.04 Å². The molecule has 20 heavy (non-hydrogen) atoms. The minimum absolute atomic E-state index is 0.791. The summed E-state index contributed by atoms with van der Waals surface area (Å²) in [6.07, 6.45) is 9.42. The molecule has 0 bridgehead atoms. The van der Waals surface area contributed by atoms with Crippen LogP contribution < -0.4 is 4.90 Å². The summed E-state index contributed by atoms with van der Waals surface area (Å²) in [6, 6.07) is 5.40. The molecule has 1 aliphatic carbocycles. The molecule has 1 heterocycles. The molecule has 1 fully saturated rings. The van der Waals surface area contributed by atoms with E-state index >= 15 is 0 Å². The SMILES string of the molecule is Cc1cc(C)c(N2C=[N+](C3CCCCC3)CC2)c(C)c1. The van der Waals surface area contributed by atoms with Crippen LogP contribution in [0, 0.1) is 20.8 Å². The first-order valence-electron chi connectivity index (χ1n) is 8.10. The van der Waals surface area contributed by atoms with Crippen LogP contribution in [-0.4, -0.2) is 30.0 Å². The number of hydrogen-bond acceptors (Lipinski definition) is 1. The quantitative estimate of drug-likeness (QED) is 0.741. The van der Waals surface area contributed by atoms with E-state index in [1.165, 1.54) is 61.0 Å². The summed E-state index contributed by atoms with van der Waals surface area (Å²) in [6.45, 7) is 9.00. The maximum Gasteiger partial charge on any atom is 0.239 e. The third-order valence-corrected chi connectivity index (χ3v) is 4.85. The second kappa shape index (κ2) is 5.59. The summed E-state index contributed by atoms with van der Waals surface area (Å²) < 4.78 is 2.60. The first-order chi connectivity index (χ1) is 9.65. The van der Waals surface area contributed by atoms with Crippen molar-refractivity contribution < 1.29 is 4.58 Å². The zero-order chi connectivity index (χ0) is 14.1. The van der Waals surface area contributed by atoms with Crippen molar-refractivity contribution in [2.45, 2.75) is 58.9 Å². The molecular weight excluding hydrogens is 244 g/mol. The van der Waals surface area contributed by atoms with Crippen LogP contribution in [0.3, 0.4) is 0 Å². The molecule has 2 aliphatic rings. The van der Waals surface area contributed by atoms with Gasteiger partial charge in [-0.1, -0.05) is 24.1 Å². The fourth-order valence-electron chi connectivity index (χ4n) is 4.00. The maximum atomic E-state index is 2.60. The van der Waals surface area contributed by atoms with Crippen LogP contribution in [0.5, 0.6) is 0 Å². The zero-order valence-corrected chi connectivity index (χ0v) is 13.2. The molecule has 108 valence electrons. The van der Waals surface area contributed by atoms with Gasteiger partial charge >= 0.3 is 0 Å². The normalized spacial score (nSPS) is 20.4. The van der Waals surface area contributed by atoms with Crippen molar-refractivity contribution in [1.82, 2.24) is 0 Å². The fraction of sp³-hybridized carbons (Fsp3) is 0.611. The van der Waals surface area contributed by atoms with E-state index < -0.39 is 0 Å². The lowest BCUT2D eigenvalue weighted by molar-refractivity contribution is -0.556. The molecule has 2 heteroatoms. The van der Waals surface area contributed by atoms with Crippen molar-refractivity contribution in [3.63, 3.8) is 0 Å². The van der Waals surface area contributed by atoms with Gasteiger partial charge in [-0.3, -0.25) is 4.58 Å². The van der Waals surface area contributed by atoms with E-state index in [0.29, 0.717) is 0 Å². The van der Waals surface area contributed by atoms with Crippen LogP contribution in [0.1, 0.15) is 48.8 Å². The van der Waals surface area contributed by atoms with Gasteiger partial charge in [-0.25, -0.2) is 4.90 Å². The summed E-state index contributed by atoms with van der Waals surface area (Å²) in [5, 5.41) is 0. The van der Waals surface area contributed by atoms with Gasteiger partial charge in [-0.05, 0) is 57.6 Å². The van der Waals surface area contributed by atoms with Crippen molar-refractivity contribution in [3.05, 3.63) is 28.8 Å². The molecule has 0 spiro atoms. The monoisotopic (exact) mass is 271 g/mol. The number of aryl methyl sites for hydroxylation is 3. The maximum absolute atomic E-state index is 2.60. The molecule has 0 unspecified atom stereocenters. The summed E-state index contributed by atoms with van der Waals surface area (Å²) in [7, 11) is 0. The molecule has 0 atom stereocenters. The largest absolute Gasteiger partial charge is 0.261 e. The first-order valence-corrected chi connectivity index (χ1v) is 8.10. The topological polar surface area (TPSA) is 6.25 Å². The zero-order valence-electron chi connectivity index (χ0n) is 13.2. The van der Waals surface area contributed by atoms with Crippen LogP contribution in [0.2, 0.25) is 0 Å². The molecule has 0 radical (unpaired) electrons. The molecule has 3 rings (SSSR count). The Kier molecular flexibility index (Phi) is 3.82. The van der Waals surface area contributed by atoms with Gasteiger partial charge in [0.25, 0.3) is 0 Å². The standard InChI is InChI=1S/C18H27N2/c1-14-11-15(2)18(16(3)12-14)20-10-9-19(13-20)17-7-5-4-6-8-17/h11-13,17H,4-10H2,1-3H3/q+1. The molecule has 1 aliphatic heterocycles. The van der Waals surface area contributed by atoms with Crippen LogP contribution in [0.4, 0.5) is 5.69 Å². The predicted molar refractivity (Wildman–Crippen MR) is 86.1 cm³/mol. The number of nitrogens with zero attached hydrogens (tertiary/aromatic N) is 2. The predicted octanol–water partition coefficient (Wildman–Crippen LogP) is 3.81. The Bertz CT molecular complexity index is 501. The van der Waals surface area contributed by atoms with E-state index in [4.69, 9.17) is 0 Å². The number of hydrogen-bond donors (Lipinski definition) is 0. The summed E-state index contributed by atoms with van der Waals surface area (Å²) >= 11 is 0. The summed E-state index contributed by atoms with van der Waals surface area (Å²) in [5.74, 6) is 0. The van der Waals surface area contributed by atoms with Gasteiger partial charge in [0.2, 0.25) is 6.34 Å². The molecule has 0 saturated heterocycles. The fourth-order valence-corrected chi connectivity index (χ4v) is 4.00. The Balaban J connectivity index is 1.84. The summed E-state index contributed by atoms with van der Waals surface area (Å²) in [5.41, 5.74) is 5.61. The second-order valence-corrected chi connectivity index (χ2v) is 6.59. The molecule has 0 aromatic heterocycles. The second-order valence-electron chi connectivity index (χ2n) is 6.59. The van der Waals surface area contributed by atoms with Crippen LogP contribution in [0.25, 0.3) is 0 Å². The Morgan fingerprint density at radius 2 is 1.65 bits per heavy atom. The third-order valence-electron chi connectivity index (χ3n) is 4.85. The van der Waals surface area contributed by atoms with E-state index in [-0.39, 0.29) is 0 Å². The van der Waals surface area contributed by atoms with Gasteiger partial charge < -0.3 is 0 Å². The van der Waals surface area contributed by atoms with Crippen molar-refractivity contribution in [2.24, 2.45) is 0 Å². The average molecular weight is 271 g/mol. The lowest BCUT2D eigenvalue weighted by Crippen LogP contribution is -2.28. The highest BCUT2D eigenvalue weighted by Gasteiger charge is 2.29. The minimum Gasteiger partial charge on any atom is -0.261 e. The summed E-state index contributed by atoms with van der Waals surface area (Å²) in [4.78, 5) is 2.47. The van der Waals surface area contributed by atoms with Crippen LogP contribution >= 0.6 is 0 Å². The van der Waals surface area contributed by atoms with Crippen molar-refractivity contribution in [1.29, 1.82) is 0 Å². The average Bonchev–Trinajstić information content (AvgIpc) is 2.88. The van der Waals surface area contributed by atoms with Gasteiger partial charge in [0, 0.05) is 0 Å². The van der Waals surface area contributed by atoms with E-state index in [1.807, 2.05) is 0 Å². The van der Waals surface area contributed by atoms with Crippen LogP contribution in [0.15, 0.2) is 12.1 Å². The Morgan fingerprint density at radius 1 is 1.00 bits per heavy atom. The molecule has 1 aromatic carbocycles. The van der Waals surface area contributed by atoms with Gasteiger partial charge in [0.15, 0.2) is 0 Å². The highest BCUT2D eigenvalue weighted by molar-refractivity contribution is 5.81. The number of anilines is 1. The van der Waals surface area contributed by atoms with E-state index in [1.54, 1.807) is 0 Å². The van der Waals surface area contributed by atoms with Gasteiger partial charge in [-0.2, -0.15) is 0 Å². The number of rotatable bonds is 2. The number of benzene rings is 1. The van der Waals surface area contributed by atoms with Crippen molar-refractivity contribution >= 4 is 12.0 Å². The van der Waals surface area contributed by atoms with E-state index in [2.05, 4.69) is 48.7 Å². The highest BCUT2D eigenvalue weighted by atomic mass is 15.3. The first kappa shape index (κ1) is 13.7. The minimum atomic E-state index is 0.791. The molecular formula is C18H27N2+. The van der Waals surface area contributed by atoms with Crippen molar-refractivity contribution in [3.8, 4) is 0 Å². The molecule has 0 amide bonds. The third kappa shape index (κ3) is 2.61. The molecule has 1 aromatic rings. The lowest BCUT2D eigenvalue weighted by atomic mass is 9.95. The Hall–Kier alpha value is -1.31. The van der Waals surface area contributed by atoms with Gasteiger partial charge in [0.1, 0.15) is 18.8 Å². The van der Waals surface area contributed by atoms with E-state index in [0.717, 1.165) is 12.6 Å². The highest BCUT2D eigenvalue weighted by Crippen LogP contribution is 2.28. The Morgan fingerprint density at radius 3 is 2.30 bits per heavy atom. The van der Waals surface area contributed by atoms with Gasteiger partial charge in [-0.15, -0.1) is 0 Å². The smallest absolute Gasteiger partial charge is 0.239 e. The van der Waals surface area contributed by atoms with Crippen molar-refractivity contribution in [2.75, 3.05) is 18.0 Å². The Labute approximate surface area is 123 Å². The molecule has 1 saturated carbocycles. The van der Waals surface area contributed by atoms with E-state index in [9.17, 15) is 0 Å². The lowest BCUT2D eigenvalue weighted by Gasteiger charge is -2.20. The molecule has 0 N–H and O–H groups in total. The molecule has 2 nitrogen and oxygen atoms in total. The van der Waals surface area contributed by atoms with Crippen LogP contribution in [-0.2, 0) is 0 Å².